The van der Waals surface area contributed by atoms with E-state index >= 15 is 0 Å². The minimum atomic E-state index is -3.86. The highest BCUT2D eigenvalue weighted by Gasteiger charge is 2.14. The third-order valence-electron chi connectivity index (χ3n) is 2.88. The first-order valence-electron chi connectivity index (χ1n) is 5.87. The minimum absolute atomic E-state index is 0.429. The molecule has 3 N–H and O–H groups in total. The second-order valence-corrected chi connectivity index (χ2v) is 5.67. The summed E-state index contributed by atoms with van der Waals surface area (Å²) >= 11 is 0. The second-order valence-electron chi connectivity index (χ2n) is 4.24. The van der Waals surface area contributed by atoms with Gasteiger partial charge in [0.25, 0.3) is 0 Å². The fourth-order valence-corrected chi connectivity index (χ4v) is 2.70. The molecule has 0 saturated carbocycles. The number of pyridine rings is 1. The first-order valence-corrected chi connectivity index (χ1v) is 7.37. The lowest BCUT2D eigenvalue weighted by molar-refractivity contribution is 0.591. The van der Waals surface area contributed by atoms with E-state index in [1.165, 1.54) is 6.20 Å². The first kappa shape index (κ1) is 12.6. The topological polar surface area (TPSA) is 90.0 Å². The largest absolute Gasteiger partial charge is 0.338 e. The number of nitrogens with one attached hydrogen (secondary N) is 1. The van der Waals surface area contributed by atoms with Gasteiger partial charge in [-0.3, -0.25) is 0 Å². The van der Waals surface area contributed by atoms with Crippen LogP contribution in [0.15, 0.2) is 54.9 Å². The molecule has 6 nitrogen and oxygen atoms in total. The van der Waals surface area contributed by atoms with Crippen LogP contribution in [0, 0.1) is 0 Å². The normalized spacial score (nSPS) is 11.7. The second kappa shape index (κ2) is 4.62. The quantitative estimate of drug-likeness (QED) is 0.769. The van der Waals surface area contributed by atoms with E-state index in [0.29, 0.717) is 11.3 Å². The maximum absolute atomic E-state index is 11.6. The summed E-state index contributed by atoms with van der Waals surface area (Å²) in [5.41, 5.74) is 1.24. The summed E-state index contributed by atoms with van der Waals surface area (Å²) in [6.45, 7) is 0. The van der Waals surface area contributed by atoms with Crippen LogP contribution in [-0.2, 0) is 10.2 Å². The van der Waals surface area contributed by atoms with Crippen LogP contribution >= 0.6 is 0 Å². The van der Waals surface area contributed by atoms with E-state index in [-0.39, 0.29) is 0 Å². The number of hydrogen-bond acceptors (Lipinski definition) is 4. The minimum Gasteiger partial charge on any atom is -0.338 e. The molecule has 0 spiro atoms. The highest BCUT2D eigenvalue weighted by Crippen LogP contribution is 2.25. The number of nitrogens with two attached hydrogens (primary N) is 1. The summed E-state index contributed by atoms with van der Waals surface area (Å²) in [6.07, 6.45) is 3.03. The van der Waals surface area contributed by atoms with Gasteiger partial charge in [0, 0.05) is 23.5 Å². The van der Waals surface area contributed by atoms with E-state index < -0.39 is 10.2 Å². The zero-order chi connectivity index (χ0) is 14.2. The number of hydrogen-bond donors (Lipinski definition) is 2. The molecule has 0 radical (unpaired) electrons. The van der Waals surface area contributed by atoms with Gasteiger partial charge in [0.05, 0.1) is 0 Å². The van der Waals surface area contributed by atoms with Crippen LogP contribution in [0.4, 0.5) is 11.5 Å². The van der Waals surface area contributed by atoms with Gasteiger partial charge in [-0.05, 0) is 24.3 Å². The van der Waals surface area contributed by atoms with E-state index in [0.717, 1.165) is 15.0 Å². The molecule has 7 heteroatoms. The van der Waals surface area contributed by atoms with Gasteiger partial charge in [0.15, 0.2) is 5.82 Å². The van der Waals surface area contributed by atoms with E-state index in [4.69, 9.17) is 5.14 Å². The highest BCUT2D eigenvalue weighted by atomic mass is 32.2. The van der Waals surface area contributed by atoms with Crippen molar-refractivity contribution in [3.8, 4) is 0 Å². The van der Waals surface area contributed by atoms with Crippen LogP contribution in [-0.4, -0.2) is 17.4 Å². The van der Waals surface area contributed by atoms with Crippen LogP contribution in [0.2, 0.25) is 0 Å². The van der Waals surface area contributed by atoms with Crippen molar-refractivity contribution in [2.24, 2.45) is 5.14 Å². The van der Waals surface area contributed by atoms with Crippen LogP contribution < -0.4 is 10.5 Å². The van der Waals surface area contributed by atoms with Gasteiger partial charge in [-0.1, -0.05) is 18.2 Å². The van der Waals surface area contributed by atoms with Crippen molar-refractivity contribution in [2.45, 2.75) is 0 Å². The Hall–Kier alpha value is -2.38. The predicted octanol–water partition coefficient (Wildman–Crippen LogP) is 1.83. The SMILES string of the molecule is NS(=O)(=O)n1ccc2ccnc(Nc3ccccc3)c21. The molecule has 0 saturated heterocycles. The molecule has 0 aliphatic carbocycles. The van der Waals surface area contributed by atoms with Gasteiger partial charge in [-0.15, -0.1) is 0 Å². The van der Waals surface area contributed by atoms with Crippen molar-refractivity contribution in [3.05, 3.63) is 54.9 Å². The Morgan fingerprint density at radius 3 is 2.55 bits per heavy atom. The van der Waals surface area contributed by atoms with Gasteiger partial charge < -0.3 is 5.32 Å². The zero-order valence-electron chi connectivity index (χ0n) is 10.4. The third-order valence-corrected chi connectivity index (χ3v) is 3.73. The van der Waals surface area contributed by atoms with E-state index in [1.54, 1.807) is 18.3 Å². The predicted molar refractivity (Wildman–Crippen MR) is 78.0 cm³/mol. The Morgan fingerprint density at radius 1 is 1.10 bits per heavy atom. The fraction of sp³-hybridized carbons (Fsp3) is 0. The van der Waals surface area contributed by atoms with Crippen LogP contribution in [0.1, 0.15) is 0 Å². The summed E-state index contributed by atoms with van der Waals surface area (Å²) in [5.74, 6) is 0.438. The number of rotatable bonds is 3. The molecule has 0 fully saturated rings. The number of para-hydroxylation sites is 1. The Bertz CT molecular complexity index is 856. The zero-order valence-corrected chi connectivity index (χ0v) is 11.2. The van der Waals surface area contributed by atoms with Crippen molar-refractivity contribution < 1.29 is 8.42 Å². The van der Waals surface area contributed by atoms with Crippen LogP contribution in [0.3, 0.4) is 0 Å². The van der Waals surface area contributed by atoms with E-state index in [2.05, 4.69) is 10.3 Å². The fourth-order valence-electron chi connectivity index (χ4n) is 2.02. The molecule has 1 aromatic carbocycles. The molecular weight excluding hydrogens is 276 g/mol. The Labute approximate surface area is 116 Å². The molecule has 0 aliphatic rings. The Kier molecular flexibility index (Phi) is 2.92. The first-order chi connectivity index (χ1) is 9.55. The van der Waals surface area contributed by atoms with Crippen molar-refractivity contribution >= 4 is 32.6 Å². The number of nitrogens with zero attached hydrogens (tertiary/aromatic N) is 2. The van der Waals surface area contributed by atoms with Gasteiger partial charge in [-0.25, -0.2) is 14.1 Å². The van der Waals surface area contributed by atoms with Crippen molar-refractivity contribution in [1.29, 1.82) is 0 Å². The molecule has 0 atom stereocenters. The molecule has 102 valence electrons. The van der Waals surface area contributed by atoms with E-state index in [9.17, 15) is 8.42 Å². The number of anilines is 2. The number of benzene rings is 1. The van der Waals surface area contributed by atoms with Gasteiger partial charge in [0.2, 0.25) is 0 Å². The molecule has 2 heterocycles. The molecule has 3 aromatic rings. The summed E-state index contributed by atoms with van der Waals surface area (Å²) in [7, 11) is -3.86. The van der Waals surface area contributed by atoms with Crippen molar-refractivity contribution in [2.75, 3.05) is 5.32 Å². The standard InChI is InChI=1S/C13H12N4O2S/c14-20(18,19)17-9-7-10-6-8-15-13(12(10)17)16-11-4-2-1-3-5-11/h1-9H,(H,15,16)(H2,14,18,19). The lowest BCUT2D eigenvalue weighted by atomic mass is 10.3. The Balaban J connectivity index is 2.18. The van der Waals surface area contributed by atoms with Crippen LogP contribution in [0.25, 0.3) is 10.9 Å². The van der Waals surface area contributed by atoms with Crippen molar-refractivity contribution in [1.82, 2.24) is 8.96 Å². The maximum Gasteiger partial charge on any atom is 0.303 e. The summed E-state index contributed by atoms with van der Waals surface area (Å²) < 4.78 is 24.2. The summed E-state index contributed by atoms with van der Waals surface area (Å²) in [6, 6.07) is 12.8. The molecule has 0 bridgehead atoms. The molecular formula is C13H12N4O2S. The lowest BCUT2D eigenvalue weighted by Crippen LogP contribution is -2.21. The Morgan fingerprint density at radius 2 is 1.85 bits per heavy atom. The number of fused-ring (bicyclic) bond motifs is 1. The number of aromatic nitrogens is 2. The maximum atomic E-state index is 11.6. The average molecular weight is 288 g/mol. The van der Waals surface area contributed by atoms with Gasteiger partial charge in [0.1, 0.15) is 5.52 Å². The molecule has 3 rings (SSSR count). The highest BCUT2D eigenvalue weighted by molar-refractivity contribution is 7.87. The lowest BCUT2D eigenvalue weighted by Gasteiger charge is -2.09. The molecule has 0 unspecified atom stereocenters. The molecule has 0 aliphatic heterocycles. The van der Waals surface area contributed by atoms with Gasteiger partial charge >= 0.3 is 10.2 Å². The monoisotopic (exact) mass is 288 g/mol. The molecule has 2 aromatic heterocycles. The average Bonchev–Trinajstić information content (AvgIpc) is 2.85. The molecule has 0 amide bonds. The third kappa shape index (κ3) is 2.24. The van der Waals surface area contributed by atoms with E-state index in [1.807, 2.05) is 30.3 Å². The smallest absolute Gasteiger partial charge is 0.303 e. The van der Waals surface area contributed by atoms with Crippen molar-refractivity contribution in [3.63, 3.8) is 0 Å². The van der Waals surface area contributed by atoms with Gasteiger partial charge in [-0.2, -0.15) is 8.42 Å². The van der Waals surface area contributed by atoms with Crippen LogP contribution in [0.5, 0.6) is 0 Å². The summed E-state index contributed by atoms with van der Waals surface area (Å²) in [5, 5.41) is 9.05. The molecule has 20 heavy (non-hydrogen) atoms. The summed E-state index contributed by atoms with van der Waals surface area (Å²) in [4.78, 5) is 4.20.